The molecule has 122 valence electrons. The molecular formula is C18H19N5O. The summed E-state index contributed by atoms with van der Waals surface area (Å²) in [6, 6.07) is 9.81. The van der Waals surface area contributed by atoms with E-state index in [-0.39, 0.29) is 6.03 Å². The van der Waals surface area contributed by atoms with Gasteiger partial charge < -0.3 is 5.32 Å². The van der Waals surface area contributed by atoms with Crippen molar-refractivity contribution in [3.05, 3.63) is 58.9 Å². The number of amides is 2. The van der Waals surface area contributed by atoms with Gasteiger partial charge in [-0.15, -0.1) is 0 Å². The fourth-order valence-corrected chi connectivity index (χ4v) is 3.18. The van der Waals surface area contributed by atoms with Gasteiger partial charge in [0.1, 0.15) is 5.82 Å². The summed E-state index contributed by atoms with van der Waals surface area (Å²) in [5, 5.41) is 10.1. The van der Waals surface area contributed by atoms with Crippen LogP contribution in [0.1, 0.15) is 28.8 Å². The molecule has 0 bridgehead atoms. The lowest BCUT2D eigenvalue weighted by molar-refractivity contribution is 0.251. The van der Waals surface area contributed by atoms with Gasteiger partial charge in [0.05, 0.1) is 5.69 Å². The highest BCUT2D eigenvalue weighted by Crippen LogP contribution is 2.22. The van der Waals surface area contributed by atoms with E-state index in [1.165, 1.54) is 24.0 Å². The van der Waals surface area contributed by atoms with Crippen LogP contribution in [-0.4, -0.2) is 20.6 Å². The van der Waals surface area contributed by atoms with E-state index in [2.05, 4.69) is 38.9 Å². The van der Waals surface area contributed by atoms with E-state index in [0.29, 0.717) is 18.0 Å². The van der Waals surface area contributed by atoms with Gasteiger partial charge in [-0.25, -0.2) is 9.78 Å². The second-order valence-corrected chi connectivity index (χ2v) is 6.15. The predicted octanol–water partition coefficient (Wildman–Crippen LogP) is 2.85. The number of fused-ring (bicyclic) bond motifs is 2. The maximum atomic E-state index is 12.2. The summed E-state index contributed by atoms with van der Waals surface area (Å²) >= 11 is 0. The molecule has 1 aliphatic rings. The highest BCUT2D eigenvalue weighted by molar-refractivity contribution is 5.88. The molecule has 1 aliphatic carbocycles. The predicted molar refractivity (Wildman–Crippen MR) is 92.0 cm³/mol. The first-order valence-electron chi connectivity index (χ1n) is 8.16. The second-order valence-electron chi connectivity index (χ2n) is 6.15. The van der Waals surface area contributed by atoms with Crippen molar-refractivity contribution < 1.29 is 4.79 Å². The van der Waals surface area contributed by atoms with Gasteiger partial charge in [-0.05, 0) is 48.9 Å². The average molecular weight is 321 g/mol. The number of carbonyl (C=O) groups is 1. The quantitative estimate of drug-likeness (QED) is 0.779. The summed E-state index contributed by atoms with van der Waals surface area (Å²) in [6.45, 7) is 2.40. The zero-order valence-corrected chi connectivity index (χ0v) is 13.5. The average Bonchev–Trinajstić information content (AvgIpc) is 3.18. The van der Waals surface area contributed by atoms with Gasteiger partial charge in [-0.3, -0.25) is 5.32 Å². The minimum atomic E-state index is -0.254. The lowest BCUT2D eigenvalue weighted by Gasteiger charge is -2.10. The molecule has 0 aliphatic heterocycles. The van der Waals surface area contributed by atoms with Crippen LogP contribution in [0.4, 0.5) is 10.6 Å². The maximum absolute atomic E-state index is 12.2. The number of nitrogens with zero attached hydrogens (tertiary/aromatic N) is 3. The molecule has 24 heavy (non-hydrogen) atoms. The third kappa shape index (κ3) is 2.82. The molecule has 0 atom stereocenters. The Morgan fingerprint density at radius 3 is 3.00 bits per heavy atom. The molecule has 0 fully saturated rings. The van der Waals surface area contributed by atoms with E-state index in [0.717, 1.165) is 17.7 Å². The van der Waals surface area contributed by atoms with Crippen molar-refractivity contribution in [2.45, 2.75) is 32.7 Å². The van der Waals surface area contributed by atoms with Crippen LogP contribution in [0.25, 0.3) is 5.65 Å². The molecule has 0 saturated carbocycles. The molecular weight excluding hydrogens is 302 g/mol. The Morgan fingerprint density at radius 1 is 1.21 bits per heavy atom. The molecule has 1 aromatic carbocycles. The number of urea groups is 1. The smallest absolute Gasteiger partial charge is 0.320 e. The van der Waals surface area contributed by atoms with E-state index in [9.17, 15) is 4.79 Å². The first-order valence-corrected chi connectivity index (χ1v) is 8.16. The fraction of sp³-hybridized carbons (Fsp3) is 0.278. The second kappa shape index (κ2) is 5.96. The first kappa shape index (κ1) is 14.7. The van der Waals surface area contributed by atoms with Crippen LogP contribution < -0.4 is 10.6 Å². The summed E-state index contributed by atoms with van der Waals surface area (Å²) in [4.78, 5) is 16.4. The number of carbonyl (C=O) groups excluding carboxylic acids is 1. The van der Waals surface area contributed by atoms with Crippen LogP contribution in [-0.2, 0) is 19.4 Å². The molecule has 0 saturated heterocycles. The number of aryl methyl sites for hydroxylation is 3. The van der Waals surface area contributed by atoms with Crippen molar-refractivity contribution in [2.24, 2.45) is 0 Å². The number of hydrogen-bond donors (Lipinski definition) is 2. The Bertz CT molecular complexity index is 915. The fourth-order valence-electron chi connectivity index (χ4n) is 3.18. The molecule has 0 spiro atoms. The Balaban J connectivity index is 1.43. The van der Waals surface area contributed by atoms with Gasteiger partial charge in [0.2, 0.25) is 0 Å². The Hall–Kier alpha value is -2.89. The topological polar surface area (TPSA) is 71.3 Å². The molecule has 2 amide bonds. The SMILES string of the molecule is Cc1cc2nccc(NC(=O)NCc3ccc4c(c3)CCC4)n2n1. The van der Waals surface area contributed by atoms with Crippen LogP contribution >= 0.6 is 0 Å². The summed E-state index contributed by atoms with van der Waals surface area (Å²) in [7, 11) is 0. The molecule has 3 aromatic rings. The number of hydrogen-bond acceptors (Lipinski definition) is 3. The van der Waals surface area contributed by atoms with Crippen LogP contribution in [0.15, 0.2) is 36.5 Å². The zero-order valence-electron chi connectivity index (χ0n) is 13.5. The number of anilines is 1. The summed E-state index contributed by atoms with van der Waals surface area (Å²) in [5.74, 6) is 0.597. The molecule has 2 aromatic heterocycles. The van der Waals surface area contributed by atoms with Gasteiger partial charge in [-0.1, -0.05) is 18.2 Å². The van der Waals surface area contributed by atoms with E-state index in [1.807, 2.05) is 13.0 Å². The van der Waals surface area contributed by atoms with Crippen molar-refractivity contribution >= 4 is 17.5 Å². The molecule has 4 rings (SSSR count). The molecule has 0 radical (unpaired) electrons. The van der Waals surface area contributed by atoms with Gasteiger partial charge in [-0.2, -0.15) is 9.61 Å². The molecule has 6 heteroatoms. The largest absolute Gasteiger partial charge is 0.334 e. The molecule has 0 unspecified atom stereocenters. The molecule has 6 nitrogen and oxygen atoms in total. The van der Waals surface area contributed by atoms with Gasteiger partial charge in [0.15, 0.2) is 5.65 Å². The minimum Gasteiger partial charge on any atom is -0.334 e. The Labute approximate surface area is 139 Å². The molecule has 2 N–H and O–H groups in total. The molecule has 2 heterocycles. The maximum Gasteiger partial charge on any atom is 0.320 e. The monoisotopic (exact) mass is 321 g/mol. The van der Waals surface area contributed by atoms with E-state index in [1.54, 1.807) is 16.8 Å². The third-order valence-corrected chi connectivity index (χ3v) is 4.34. The number of aromatic nitrogens is 3. The van der Waals surface area contributed by atoms with Crippen molar-refractivity contribution in [1.29, 1.82) is 0 Å². The van der Waals surface area contributed by atoms with Crippen molar-refractivity contribution in [3.63, 3.8) is 0 Å². The number of benzene rings is 1. The standard InChI is InChI=1S/C18H19N5O/c1-12-9-17-19-8-7-16(23(17)22-12)21-18(24)20-11-13-5-6-14-3-2-4-15(14)10-13/h5-10H,2-4,11H2,1H3,(H2,20,21,24). The number of nitrogens with one attached hydrogen (secondary N) is 2. The summed E-state index contributed by atoms with van der Waals surface area (Å²) in [6.07, 6.45) is 5.20. The van der Waals surface area contributed by atoms with Crippen LogP contribution in [0.5, 0.6) is 0 Å². The highest BCUT2D eigenvalue weighted by atomic mass is 16.2. The lowest BCUT2D eigenvalue weighted by Crippen LogP contribution is -2.29. The highest BCUT2D eigenvalue weighted by Gasteiger charge is 2.11. The zero-order chi connectivity index (χ0) is 16.5. The third-order valence-electron chi connectivity index (χ3n) is 4.34. The summed E-state index contributed by atoms with van der Waals surface area (Å²) < 4.78 is 1.63. The van der Waals surface area contributed by atoms with Crippen LogP contribution in [0.3, 0.4) is 0 Å². The van der Waals surface area contributed by atoms with E-state index < -0.39 is 0 Å². The first-order chi connectivity index (χ1) is 11.7. The van der Waals surface area contributed by atoms with Crippen LogP contribution in [0, 0.1) is 6.92 Å². The van der Waals surface area contributed by atoms with E-state index in [4.69, 9.17) is 0 Å². The van der Waals surface area contributed by atoms with Crippen molar-refractivity contribution in [3.8, 4) is 0 Å². The van der Waals surface area contributed by atoms with Gasteiger partial charge >= 0.3 is 6.03 Å². The van der Waals surface area contributed by atoms with Crippen molar-refractivity contribution in [1.82, 2.24) is 19.9 Å². The van der Waals surface area contributed by atoms with Crippen LogP contribution in [0.2, 0.25) is 0 Å². The minimum absolute atomic E-state index is 0.254. The Kier molecular flexibility index (Phi) is 3.65. The summed E-state index contributed by atoms with van der Waals surface area (Å²) in [5.41, 5.74) is 5.55. The van der Waals surface area contributed by atoms with Crippen molar-refractivity contribution in [2.75, 3.05) is 5.32 Å². The van der Waals surface area contributed by atoms with Gasteiger partial charge in [0.25, 0.3) is 0 Å². The number of rotatable bonds is 3. The normalized spacial score (nSPS) is 13.0. The Morgan fingerprint density at radius 2 is 2.08 bits per heavy atom. The van der Waals surface area contributed by atoms with E-state index >= 15 is 0 Å². The lowest BCUT2D eigenvalue weighted by atomic mass is 10.1. The van der Waals surface area contributed by atoms with Gasteiger partial charge in [0, 0.05) is 18.8 Å².